The first-order valence-electron chi connectivity index (χ1n) is 6.40. The van der Waals surface area contributed by atoms with Gasteiger partial charge in [0.15, 0.2) is 0 Å². The molecule has 1 aromatic carbocycles. The van der Waals surface area contributed by atoms with Gasteiger partial charge in [-0.2, -0.15) is 0 Å². The Bertz CT molecular complexity index is 332. The zero-order chi connectivity index (χ0) is 12.7. The number of benzene rings is 1. The van der Waals surface area contributed by atoms with Gasteiger partial charge in [-0.15, -0.1) is 0 Å². The van der Waals surface area contributed by atoms with Crippen LogP contribution in [0.4, 0.5) is 0 Å². The minimum absolute atomic E-state index is 0.0277. The lowest BCUT2D eigenvalue weighted by molar-refractivity contribution is -0.147. The first-order valence-corrected chi connectivity index (χ1v) is 6.40. The molecule has 0 N–H and O–H groups in total. The van der Waals surface area contributed by atoms with Gasteiger partial charge in [-0.3, -0.25) is 4.79 Å². The van der Waals surface area contributed by atoms with Crippen LogP contribution in [0.3, 0.4) is 0 Å². The molecule has 0 radical (unpaired) electrons. The van der Waals surface area contributed by atoms with Gasteiger partial charge in [-0.25, -0.2) is 0 Å². The van der Waals surface area contributed by atoms with Gasteiger partial charge in [0, 0.05) is 0 Å². The number of rotatable bonds is 6. The van der Waals surface area contributed by atoms with Crippen LogP contribution in [-0.2, 0) is 9.53 Å². The van der Waals surface area contributed by atoms with E-state index in [-0.39, 0.29) is 11.9 Å². The van der Waals surface area contributed by atoms with Crippen molar-refractivity contribution in [1.29, 1.82) is 0 Å². The minimum atomic E-state index is -0.0816. The quantitative estimate of drug-likeness (QED) is 0.700. The molecule has 0 aliphatic carbocycles. The smallest absolute Gasteiger partial charge is 0.308 e. The van der Waals surface area contributed by atoms with E-state index >= 15 is 0 Å². The third-order valence-electron chi connectivity index (χ3n) is 3.09. The van der Waals surface area contributed by atoms with Crippen molar-refractivity contribution in [2.24, 2.45) is 5.92 Å². The van der Waals surface area contributed by atoms with E-state index in [0.717, 1.165) is 12.8 Å². The maximum absolute atomic E-state index is 11.6. The molecular formula is C15H22O2. The van der Waals surface area contributed by atoms with E-state index in [0.29, 0.717) is 12.5 Å². The van der Waals surface area contributed by atoms with E-state index in [2.05, 4.69) is 19.1 Å². The van der Waals surface area contributed by atoms with E-state index in [9.17, 15) is 4.79 Å². The van der Waals surface area contributed by atoms with E-state index in [1.165, 1.54) is 5.56 Å². The first-order chi connectivity index (χ1) is 8.19. The molecule has 0 saturated carbocycles. The lowest BCUT2D eigenvalue weighted by Gasteiger charge is -2.19. The van der Waals surface area contributed by atoms with Crippen LogP contribution in [0.15, 0.2) is 30.3 Å². The summed E-state index contributed by atoms with van der Waals surface area (Å²) in [6, 6.07) is 10.4. The summed E-state index contributed by atoms with van der Waals surface area (Å²) < 4.78 is 5.05. The van der Waals surface area contributed by atoms with Crippen molar-refractivity contribution in [3.8, 4) is 0 Å². The first kappa shape index (κ1) is 13.8. The summed E-state index contributed by atoms with van der Waals surface area (Å²) in [5, 5.41) is 0. The molecule has 0 heterocycles. The Hall–Kier alpha value is -1.31. The fourth-order valence-electron chi connectivity index (χ4n) is 2.07. The maximum atomic E-state index is 11.6. The molecule has 94 valence electrons. The Labute approximate surface area is 104 Å². The van der Waals surface area contributed by atoms with Crippen molar-refractivity contribution < 1.29 is 9.53 Å². The molecule has 1 aromatic rings. The molecule has 0 aliphatic rings. The zero-order valence-corrected chi connectivity index (χ0v) is 11.0. The number of hydrogen-bond acceptors (Lipinski definition) is 2. The number of hydrogen-bond donors (Lipinski definition) is 0. The fourth-order valence-corrected chi connectivity index (χ4v) is 2.07. The lowest BCUT2D eigenvalue weighted by Crippen LogP contribution is -2.17. The van der Waals surface area contributed by atoms with Crippen molar-refractivity contribution in [3.63, 3.8) is 0 Å². The molecule has 0 spiro atoms. The molecule has 0 amide bonds. The number of esters is 1. The van der Waals surface area contributed by atoms with Crippen molar-refractivity contribution in [2.45, 2.75) is 39.5 Å². The molecule has 0 saturated heterocycles. The van der Waals surface area contributed by atoms with Crippen LogP contribution in [-0.4, -0.2) is 12.6 Å². The molecule has 2 nitrogen and oxygen atoms in total. The topological polar surface area (TPSA) is 26.3 Å². The number of carbonyl (C=O) groups is 1. The Kier molecular flexibility index (Phi) is 5.75. The second-order valence-electron chi connectivity index (χ2n) is 4.40. The van der Waals surface area contributed by atoms with Gasteiger partial charge in [-0.05, 0) is 31.2 Å². The Morgan fingerprint density at radius 3 is 2.41 bits per heavy atom. The van der Waals surface area contributed by atoms with Gasteiger partial charge in [0.25, 0.3) is 0 Å². The predicted octanol–water partition coefficient (Wildman–Crippen LogP) is 3.77. The number of carbonyl (C=O) groups excluding carboxylic acids is 1. The lowest BCUT2D eigenvalue weighted by atomic mass is 9.88. The molecule has 0 aliphatic heterocycles. The normalized spacial score (nSPS) is 14.1. The Balaban J connectivity index is 2.61. The average molecular weight is 234 g/mol. The molecule has 0 aromatic heterocycles. The Morgan fingerprint density at radius 2 is 1.88 bits per heavy atom. The molecule has 17 heavy (non-hydrogen) atoms. The predicted molar refractivity (Wildman–Crippen MR) is 69.9 cm³/mol. The van der Waals surface area contributed by atoms with Crippen molar-refractivity contribution in [3.05, 3.63) is 35.9 Å². The molecular weight excluding hydrogens is 212 g/mol. The molecule has 2 atom stereocenters. The molecule has 2 unspecified atom stereocenters. The summed E-state index contributed by atoms with van der Waals surface area (Å²) in [7, 11) is 0. The van der Waals surface area contributed by atoms with E-state index in [4.69, 9.17) is 4.74 Å². The summed E-state index contributed by atoms with van der Waals surface area (Å²) in [5.41, 5.74) is 1.31. The minimum Gasteiger partial charge on any atom is -0.466 e. The highest BCUT2D eigenvalue weighted by Gasteiger charge is 2.19. The highest BCUT2D eigenvalue weighted by molar-refractivity contribution is 5.72. The van der Waals surface area contributed by atoms with Crippen LogP contribution >= 0.6 is 0 Å². The second-order valence-corrected chi connectivity index (χ2v) is 4.40. The third kappa shape index (κ3) is 4.22. The van der Waals surface area contributed by atoms with Crippen molar-refractivity contribution in [1.82, 2.24) is 0 Å². The summed E-state index contributed by atoms with van der Waals surface area (Å²) in [6.45, 7) is 6.42. The standard InChI is InChI=1S/C15H22O2/c1-4-13(14-9-7-6-8-10-14)11-12(3)15(16)17-5-2/h6-10,12-13H,4-5,11H2,1-3H3. The SMILES string of the molecule is CCOC(=O)C(C)CC(CC)c1ccccc1. The highest BCUT2D eigenvalue weighted by Crippen LogP contribution is 2.27. The summed E-state index contributed by atoms with van der Waals surface area (Å²) >= 11 is 0. The van der Waals surface area contributed by atoms with Gasteiger partial charge < -0.3 is 4.74 Å². The number of ether oxygens (including phenoxy) is 1. The van der Waals surface area contributed by atoms with E-state index < -0.39 is 0 Å². The van der Waals surface area contributed by atoms with Crippen LogP contribution in [0.5, 0.6) is 0 Å². The maximum Gasteiger partial charge on any atom is 0.308 e. The van der Waals surface area contributed by atoms with Crippen LogP contribution < -0.4 is 0 Å². The molecule has 1 rings (SSSR count). The van der Waals surface area contributed by atoms with Gasteiger partial charge in [0.05, 0.1) is 12.5 Å². The summed E-state index contributed by atoms with van der Waals surface area (Å²) in [5.74, 6) is 0.331. The zero-order valence-electron chi connectivity index (χ0n) is 11.0. The molecule has 0 fully saturated rings. The van der Waals surface area contributed by atoms with E-state index in [1.54, 1.807) is 0 Å². The Morgan fingerprint density at radius 1 is 1.24 bits per heavy atom. The monoisotopic (exact) mass is 234 g/mol. The second kappa shape index (κ2) is 7.10. The van der Waals surface area contributed by atoms with Crippen LogP contribution in [0.2, 0.25) is 0 Å². The van der Waals surface area contributed by atoms with Gasteiger partial charge in [0.1, 0.15) is 0 Å². The van der Waals surface area contributed by atoms with Crippen molar-refractivity contribution >= 4 is 5.97 Å². The summed E-state index contributed by atoms with van der Waals surface area (Å²) in [6.07, 6.45) is 1.91. The fraction of sp³-hybridized carbons (Fsp3) is 0.533. The average Bonchev–Trinajstić information content (AvgIpc) is 2.37. The van der Waals surface area contributed by atoms with Crippen molar-refractivity contribution in [2.75, 3.05) is 6.61 Å². The van der Waals surface area contributed by atoms with E-state index in [1.807, 2.05) is 32.0 Å². The van der Waals surface area contributed by atoms with Gasteiger partial charge in [0.2, 0.25) is 0 Å². The summed E-state index contributed by atoms with van der Waals surface area (Å²) in [4.78, 5) is 11.6. The molecule has 0 bridgehead atoms. The van der Waals surface area contributed by atoms with Crippen LogP contribution in [0.1, 0.15) is 45.1 Å². The molecule has 2 heteroatoms. The van der Waals surface area contributed by atoms with Gasteiger partial charge in [-0.1, -0.05) is 44.2 Å². The highest BCUT2D eigenvalue weighted by atomic mass is 16.5. The third-order valence-corrected chi connectivity index (χ3v) is 3.09. The largest absolute Gasteiger partial charge is 0.466 e. The van der Waals surface area contributed by atoms with Gasteiger partial charge >= 0.3 is 5.97 Å². The van der Waals surface area contributed by atoms with Crippen LogP contribution in [0.25, 0.3) is 0 Å². The van der Waals surface area contributed by atoms with Crippen LogP contribution in [0, 0.1) is 5.92 Å².